The smallest absolute Gasteiger partial charge is 0.352 e. The molecule has 0 fully saturated rings. The zero-order valence-corrected chi connectivity index (χ0v) is 11.8. The molecule has 1 heterocycles. The molecule has 0 saturated carbocycles. The number of rotatable bonds is 4. The molecular weight excluding hydrogens is 288 g/mol. The van der Waals surface area contributed by atoms with E-state index in [1.165, 1.54) is 17.4 Å². The van der Waals surface area contributed by atoms with Gasteiger partial charge in [-0.2, -0.15) is 0 Å². The second kappa shape index (κ2) is 5.43. The lowest BCUT2D eigenvalue weighted by Crippen LogP contribution is -2.10. The van der Waals surface area contributed by atoms with Crippen molar-refractivity contribution in [3.8, 4) is 0 Å². The van der Waals surface area contributed by atoms with Gasteiger partial charge in [0.15, 0.2) is 5.78 Å². The maximum Gasteiger partial charge on any atom is 0.352 e. The number of benzene rings is 1. The van der Waals surface area contributed by atoms with Gasteiger partial charge >= 0.3 is 7.60 Å². The Labute approximate surface area is 114 Å². The van der Waals surface area contributed by atoms with Crippen molar-refractivity contribution in [1.82, 2.24) is 0 Å². The Morgan fingerprint density at radius 2 is 2.11 bits per heavy atom. The van der Waals surface area contributed by atoms with Crippen molar-refractivity contribution in [1.29, 1.82) is 0 Å². The first kappa shape index (κ1) is 14.2. The Balaban J connectivity index is 2.31. The van der Waals surface area contributed by atoms with Gasteiger partial charge in [-0.25, -0.2) is 4.39 Å². The van der Waals surface area contributed by atoms with Crippen LogP contribution in [0, 0.1) is 12.7 Å². The average molecular weight is 301 g/mol. The molecule has 0 bridgehead atoms. The summed E-state index contributed by atoms with van der Waals surface area (Å²) in [5.41, 5.74) is 0.819. The van der Waals surface area contributed by atoms with Crippen LogP contribution in [-0.2, 0) is 4.57 Å². The van der Waals surface area contributed by atoms with Gasteiger partial charge in [0.1, 0.15) is 5.82 Å². The number of halogens is 1. The molecule has 0 radical (unpaired) electrons. The molecule has 1 unspecified atom stereocenters. The lowest BCUT2D eigenvalue weighted by Gasteiger charge is -2.20. The van der Waals surface area contributed by atoms with Crippen LogP contribution in [0.3, 0.4) is 0 Å². The van der Waals surface area contributed by atoms with E-state index in [-0.39, 0.29) is 0 Å². The molecule has 1 aromatic carbocycles. The Morgan fingerprint density at radius 3 is 2.63 bits per heavy atom. The minimum absolute atomic E-state index is 0.338. The molecule has 0 saturated heterocycles. The van der Waals surface area contributed by atoms with Crippen LogP contribution >= 0.6 is 18.9 Å². The Kier molecular flexibility index (Phi) is 4.06. The maximum atomic E-state index is 13.4. The zero-order valence-electron chi connectivity index (χ0n) is 10.1. The fraction of sp³-hybridized carbons (Fsp3) is 0.167. The highest BCUT2D eigenvalue weighted by Gasteiger charge is 2.31. The van der Waals surface area contributed by atoms with Gasteiger partial charge in [-0.1, -0.05) is 12.1 Å². The van der Waals surface area contributed by atoms with Crippen LogP contribution < -0.4 is 5.32 Å². The number of nitrogens with one attached hydrogen (secondary N) is 1. The predicted molar refractivity (Wildman–Crippen MR) is 73.9 cm³/mol. The third-order valence-corrected chi connectivity index (χ3v) is 4.82. The summed E-state index contributed by atoms with van der Waals surface area (Å²) in [7, 11) is -4.38. The summed E-state index contributed by atoms with van der Waals surface area (Å²) in [6, 6.07) is 7.72. The predicted octanol–water partition coefficient (Wildman–Crippen LogP) is 3.48. The van der Waals surface area contributed by atoms with E-state index in [2.05, 4.69) is 5.32 Å². The number of aryl methyl sites for hydroxylation is 1. The fourth-order valence-corrected chi connectivity index (χ4v) is 3.60. The summed E-state index contributed by atoms with van der Waals surface area (Å²) in [6.45, 7) is 1.62. The molecule has 0 spiro atoms. The summed E-state index contributed by atoms with van der Waals surface area (Å²) in [5, 5.41) is 4.43. The maximum absolute atomic E-state index is 13.4. The van der Waals surface area contributed by atoms with Crippen LogP contribution in [0.2, 0.25) is 0 Å². The number of hydrogen-bond acceptors (Lipinski definition) is 3. The molecule has 1 aromatic heterocycles. The van der Waals surface area contributed by atoms with E-state index >= 15 is 0 Å². The second-order valence-corrected chi connectivity index (χ2v) is 6.79. The zero-order chi connectivity index (χ0) is 14.0. The molecule has 102 valence electrons. The van der Waals surface area contributed by atoms with E-state index < -0.39 is 19.2 Å². The van der Waals surface area contributed by atoms with Crippen LogP contribution in [-0.4, -0.2) is 9.79 Å². The van der Waals surface area contributed by atoms with Gasteiger partial charge in [0.25, 0.3) is 0 Å². The topological polar surface area (TPSA) is 69.6 Å². The quantitative estimate of drug-likeness (QED) is 0.756. The highest BCUT2D eigenvalue weighted by Crippen LogP contribution is 2.52. The molecule has 1 atom stereocenters. The SMILES string of the molecule is Cc1ccc(NC(c2cccs2)P(=O)(O)O)cc1F. The molecule has 0 aliphatic rings. The standard InChI is InChI=1S/C12H13FNO3PS/c1-8-4-5-9(7-10(8)13)14-12(18(15,16)17)11-3-2-6-19-11/h2-7,12,14H,1H3,(H2,15,16,17). The Hall–Kier alpha value is -1.20. The largest absolute Gasteiger partial charge is 0.367 e. The van der Waals surface area contributed by atoms with Gasteiger partial charge in [-0.15, -0.1) is 11.3 Å². The van der Waals surface area contributed by atoms with Gasteiger partial charge in [-0.05, 0) is 36.1 Å². The summed E-state index contributed by atoms with van der Waals surface area (Å²) in [5.74, 6) is -1.57. The summed E-state index contributed by atoms with van der Waals surface area (Å²) < 4.78 is 25.0. The molecule has 4 nitrogen and oxygen atoms in total. The van der Waals surface area contributed by atoms with Crippen molar-refractivity contribution in [2.24, 2.45) is 0 Å². The van der Waals surface area contributed by atoms with Crippen molar-refractivity contribution in [3.05, 3.63) is 52.0 Å². The molecule has 2 aromatic rings. The molecular formula is C12H13FNO3PS. The molecule has 3 N–H and O–H groups in total. The monoisotopic (exact) mass is 301 g/mol. The Bertz CT molecular complexity index is 611. The van der Waals surface area contributed by atoms with E-state index in [4.69, 9.17) is 0 Å². The highest BCUT2D eigenvalue weighted by atomic mass is 32.1. The van der Waals surface area contributed by atoms with Gasteiger partial charge < -0.3 is 15.1 Å². The summed E-state index contributed by atoms with van der Waals surface area (Å²) >= 11 is 1.24. The van der Waals surface area contributed by atoms with Gasteiger partial charge in [0.05, 0.1) is 0 Å². The first-order valence-electron chi connectivity index (χ1n) is 5.49. The molecule has 0 aliphatic carbocycles. The van der Waals surface area contributed by atoms with Crippen LogP contribution in [0.15, 0.2) is 35.7 Å². The minimum Gasteiger partial charge on any atom is -0.367 e. The second-order valence-electron chi connectivity index (χ2n) is 4.12. The van der Waals surface area contributed by atoms with E-state index in [9.17, 15) is 18.7 Å². The normalized spacial score (nSPS) is 13.3. The van der Waals surface area contributed by atoms with Crippen molar-refractivity contribution >= 4 is 24.6 Å². The molecule has 0 aliphatic heterocycles. The lowest BCUT2D eigenvalue weighted by atomic mass is 10.2. The fourth-order valence-electron chi connectivity index (χ4n) is 1.61. The van der Waals surface area contributed by atoms with Crippen LogP contribution in [0.4, 0.5) is 10.1 Å². The third-order valence-electron chi connectivity index (χ3n) is 2.62. The van der Waals surface area contributed by atoms with Gasteiger partial charge in [-0.3, -0.25) is 4.57 Å². The first-order chi connectivity index (χ1) is 8.88. The van der Waals surface area contributed by atoms with Crippen LogP contribution in [0.5, 0.6) is 0 Å². The minimum atomic E-state index is -4.38. The third kappa shape index (κ3) is 3.42. The van der Waals surface area contributed by atoms with Crippen molar-refractivity contribution in [2.75, 3.05) is 5.32 Å². The first-order valence-corrected chi connectivity index (χ1v) is 8.05. The van der Waals surface area contributed by atoms with Crippen LogP contribution in [0.1, 0.15) is 16.2 Å². The van der Waals surface area contributed by atoms with Crippen molar-refractivity contribution < 1.29 is 18.7 Å². The van der Waals surface area contributed by atoms with E-state index in [0.29, 0.717) is 16.1 Å². The van der Waals surface area contributed by atoms with E-state index in [0.717, 1.165) is 0 Å². The van der Waals surface area contributed by atoms with Crippen molar-refractivity contribution in [3.63, 3.8) is 0 Å². The molecule has 0 amide bonds. The van der Waals surface area contributed by atoms with E-state index in [1.807, 2.05) is 0 Å². The number of anilines is 1. The van der Waals surface area contributed by atoms with Gasteiger partial charge in [0.2, 0.25) is 0 Å². The highest BCUT2D eigenvalue weighted by molar-refractivity contribution is 7.52. The Morgan fingerprint density at radius 1 is 1.37 bits per heavy atom. The van der Waals surface area contributed by atoms with Crippen molar-refractivity contribution in [2.45, 2.75) is 12.7 Å². The molecule has 2 rings (SSSR count). The summed E-state index contributed by atoms with van der Waals surface area (Å²) in [4.78, 5) is 19.3. The van der Waals surface area contributed by atoms with Gasteiger partial charge in [0, 0.05) is 10.6 Å². The summed E-state index contributed by atoms with van der Waals surface area (Å²) in [6.07, 6.45) is 0. The number of thiophene rings is 1. The van der Waals surface area contributed by atoms with E-state index in [1.54, 1.807) is 36.6 Å². The molecule has 7 heteroatoms. The molecule has 19 heavy (non-hydrogen) atoms. The number of hydrogen-bond donors (Lipinski definition) is 3. The lowest BCUT2D eigenvalue weighted by molar-refractivity contribution is 0.363. The van der Waals surface area contributed by atoms with Crippen LogP contribution in [0.25, 0.3) is 0 Å². The average Bonchev–Trinajstić information content (AvgIpc) is 2.82.